The molecule has 0 bridgehead atoms. The van der Waals surface area contributed by atoms with Gasteiger partial charge in [0.2, 0.25) is 0 Å². The Morgan fingerprint density at radius 3 is 1.27 bits per heavy atom. The van der Waals surface area contributed by atoms with E-state index in [-0.39, 0.29) is 0 Å². The Bertz CT molecular complexity index is 777. The fourth-order valence-electron chi connectivity index (χ4n) is 1.90. The minimum atomic E-state index is -0.500. The topological polar surface area (TPSA) is 52.6 Å². The fraction of sp³-hybridized carbons (Fsp3) is 0.100. The van der Waals surface area contributed by atoms with Gasteiger partial charge in [-0.25, -0.2) is 9.59 Å². The van der Waals surface area contributed by atoms with Crippen molar-refractivity contribution in [3.63, 3.8) is 0 Å². The summed E-state index contributed by atoms with van der Waals surface area (Å²) in [5, 5.41) is 0. The van der Waals surface area contributed by atoms with Crippen LogP contribution in [0.15, 0.2) is 70.7 Å². The zero-order chi connectivity index (χ0) is 19.1. The molecule has 134 valence electrons. The summed E-state index contributed by atoms with van der Waals surface area (Å²) in [4.78, 5) is 23.3. The van der Waals surface area contributed by atoms with E-state index < -0.39 is 11.9 Å². The molecule has 0 heterocycles. The maximum Gasteiger partial charge on any atom is 0.340 e. The zero-order valence-electron chi connectivity index (χ0n) is 14.2. The summed E-state index contributed by atoms with van der Waals surface area (Å²) in [5.74, 6) is -0.156. The highest BCUT2D eigenvalue weighted by atomic mass is 35.5. The second kappa shape index (κ2) is 9.22. The third kappa shape index (κ3) is 5.22. The number of carbonyl (C=O) groups is 2. The SMILES string of the molecule is CC(=CCl)C(=O)Oc1ccc(-c2ccc(OC(=O)C(C)=CCl)cc2)cc1. The number of rotatable bonds is 5. The van der Waals surface area contributed by atoms with Gasteiger partial charge in [-0.2, -0.15) is 0 Å². The number of ether oxygens (including phenoxy) is 2. The highest BCUT2D eigenvalue weighted by molar-refractivity contribution is 6.27. The lowest BCUT2D eigenvalue weighted by Gasteiger charge is -2.07. The number of halogens is 2. The highest BCUT2D eigenvalue weighted by Crippen LogP contribution is 2.25. The molecule has 0 aliphatic rings. The number of carbonyl (C=O) groups excluding carboxylic acids is 2. The Morgan fingerprint density at radius 1 is 0.692 bits per heavy atom. The molecule has 4 nitrogen and oxygen atoms in total. The van der Waals surface area contributed by atoms with Crippen LogP contribution in [0.25, 0.3) is 11.1 Å². The standard InChI is InChI=1S/C20H16Cl2O4/c1-13(11-21)19(23)25-17-7-3-15(4-8-17)16-5-9-18(10-6-16)26-20(24)14(2)12-22/h3-12H,1-2H3. The Kier molecular flexibility index (Phi) is 7.01. The summed E-state index contributed by atoms with van der Waals surface area (Å²) in [6.45, 7) is 3.14. The van der Waals surface area contributed by atoms with Gasteiger partial charge in [0.05, 0.1) is 0 Å². The van der Waals surface area contributed by atoms with Crippen molar-refractivity contribution in [2.24, 2.45) is 0 Å². The van der Waals surface area contributed by atoms with Gasteiger partial charge in [-0.3, -0.25) is 0 Å². The number of hydrogen-bond donors (Lipinski definition) is 0. The van der Waals surface area contributed by atoms with Gasteiger partial charge in [0, 0.05) is 22.2 Å². The number of benzene rings is 2. The first-order chi connectivity index (χ1) is 12.4. The molecule has 0 amide bonds. The van der Waals surface area contributed by atoms with Crippen LogP contribution in [0.2, 0.25) is 0 Å². The largest absolute Gasteiger partial charge is 0.423 e. The summed E-state index contributed by atoms with van der Waals surface area (Å²) in [6, 6.07) is 14.1. The van der Waals surface area contributed by atoms with Crippen LogP contribution in [0.4, 0.5) is 0 Å². The molecule has 0 spiro atoms. The Labute approximate surface area is 161 Å². The van der Waals surface area contributed by atoms with E-state index in [0.29, 0.717) is 22.6 Å². The smallest absolute Gasteiger partial charge is 0.340 e. The van der Waals surface area contributed by atoms with Crippen molar-refractivity contribution in [3.8, 4) is 22.6 Å². The molecule has 0 aromatic heterocycles. The Hall–Kier alpha value is -2.56. The first-order valence-electron chi connectivity index (χ1n) is 7.63. The van der Waals surface area contributed by atoms with E-state index >= 15 is 0 Å². The van der Waals surface area contributed by atoms with Crippen molar-refractivity contribution in [1.29, 1.82) is 0 Å². The molecule has 0 N–H and O–H groups in total. The lowest BCUT2D eigenvalue weighted by atomic mass is 10.1. The molecule has 0 saturated carbocycles. The molecule has 0 fully saturated rings. The van der Waals surface area contributed by atoms with Crippen molar-refractivity contribution in [1.82, 2.24) is 0 Å². The molecule has 0 unspecified atom stereocenters. The van der Waals surface area contributed by atoms with Gasteiger partial charge in [-0.15, -0.1) is 0 Å². The summed E-state index contributed by atoms with van der Waals surface area (Å²) in [6.07, 6.45) is 0. The van der Waals surface area contributed by atoms with Crippen LogP contribution in [-0.4, -0.2) is 11.9 Å². The second-order valence-corrected chi connectivity index (χ2v) is 5.85. The second-order valence-electron chi connectivity index (χ2n) is 5.41. The van der Waals surface area contributed by atoms with Crippen LogP contribution >= 0.6 is 23.2 Å². The molecule has 6 heteroatoms. The average molecular weight is 391 g/mol. The minimum absolute atomic E-state index is 0.320. The lowest BCUT2D eigenvalue weighted by molar-refractivity contribution is -0.131. The van der Waals surface area contributed by atoms with Crippen LogP contribution in [0.5, 0.6) is 11.5 Å². The third-order valence-corrected chi connectivity index (χ3v) is 4.09. The molecular weight excluding hydrogens is 375 g/mol. The van der Waals surface area contributed by atoms with E-state index in [2.05, 4.69) is 0 Å². The zero-order valence-corrected chi connectivity index (χ0v) is 15.7. The molecular formula is C20H16Cl2O4. The van der Waals surface area contributed by atoms with Gasteiger partial charge in [-0.1, -0.05) is 47.5 Å². The Balaban J connectivity index is 2.07. The maximum absolute atomic E-state index is 11.7. The van der Waals surface area contributed by atoms with Gasteiger partial charge in [0.25, 0.3) is 0 Å². The first kappa shape index (κ1) is 19.8. The van der Waals surface area contributed by atoms with Crippen molar-refractivity contribution in [2.45, 2.75) is 13.8 Å². The third-order valence-electron chi connectivity index (χ3n) is 3.43. The van der Waals surface area contributed by atoms with Gasteiger partial charge in [-0.05, 0) is 49.2 Å². The van der Waals surface area contributed by atoms with E-state index in [0.717, 1.165) is 11.1 Å². The molecule has 0 aliphatic carbocycles. The van der Waals surface area contributed by atoms with E-state index in [4.69, 9.17) is 32.7 Å². The lowest BCUT2D eigenvalue weighted by Crippen LogP contribution is -2.08. The molecule has 2 aromatic rings. The summed E-state index contributed by atoms with van der Waals surface area (Å²) in [7, 11) is 0. The van der Waals surface area contributed by atoms with Gasteiger partial charge < -0.3 is 9.47 Å². The fourth-order valence-corrected chi connectivity index (χ4v) is 2.07. The highest BCUT2D eigenvalue weighted by Gasteiger charge is 2.09. The van der Waals surface area contributed by atoms with Gasteiger partial charge in [0.1, 0.15) is 11.5 Å². The van der Waals surface area contributed by atoms with E-state index in [1.165, 1.54) is 11.1 Å². The molecule has 2 aromatic carbocycles. The van der Waals surface area contributed by atoms with Crippen LogP contribution in [0.3, 0.4) is 0 Å². The molecule has 0 saturated heterocycles. The van der Waals surface area contributed by atoms with Crippen molar-refractivity contribution >= 4 is 35.1 Å². The normalized spacial score (nSPS) is 11.8. The average Bonchev–Trinajstić information content (AvgIpc) is 2.67. The van der Waals surface area contributed by atoms with E-state index in [9.17, 15) is 9.59 Å². The van der Waals surface area contributed by atoms with Crippen molar-refractivity contribution in [3.05, 3.63) is 70.7 Å². The molecule has 2 rings (SSSR count). The van der Waals surface area contributed by atoms with Crippen LogP contribution in [0, 0.1) is 0 Å². The number of esters is 2. The van der Waals surface area contributed by atoms with Crippen LogP contribution in [-0.2, 0) is 9.59 Å². The quantitative estimate of drug-likeness (QED) is 0.386. The molecule has 26 heavy (non-hydrogen) atoms. The van der Waals surface area contributed by atoms with Crippen molar-refractivity contribution < 1.29 is 19.1 Å². The molecule has 0 atom stereocenters. The summed E-state index contributed by atoms with van der Waals surface area (Å²) < 4.78 is 10.4. The minimum Gasteiger partial charge on any atom is -0.423 e. The number of hydrogen-bond acceptors (Lipinski definition) is 4. The first-order valence-corrected chi connectivity index (χ1v) is 8.50. The predicted octanol–water partition coefficient (Wildman–Crippen LogP) is 5.45. The van der Waals surface area contributed by atoms with Gasteiger partial charge in [0.15, 0.2) is 0 Å². The van der Waals surface area contributed by atoms with E-state index in [1.54, 1.807) is 38.1 Å². The summed E-state index contributed by atoms with van der Waals surface area (Å²) >= 11 is 11.0. The molecule has 0 aliphatic heterocycles. The summed E-state index contributed by atoms with van der Waals surface area (Å²) in [5.41, 5.74) is 4.83. The van der Waals surface area contributed by atoms with Crippen molar-refractivity contribution in [2.75, 3.05) is 0 Å². The van der Waals surface area contributed by atoms with Crippen LogP contribution in [0.1, 0.15) is 13.8 Å². The maximum atomic E-state index is 11.7. The molecule has 0 radical (unpaired) electrons. The van der Waals surface area contributed by atoms with Crippen LogP contribution < -0.4 is 9.47 Å². The Morgan fingerprint density at radius 2 is 1.00 bits per heavy atom. The van der Waals surface area contributed by atoms with Gasteiger partial charge >= 0.3 is 11.9 Å². The van der Waals surface area contributed by atoms with E-state index in [1.807, 2.05) is 24.3 Å². The monoisotopic (exact) mass is 390 g/mol. The predicted molar refractivity (Wildman–Crippen MR) is 102 cm³/mol.